The Hall–Kier alpha value is -3.12. The van der Waals surface area contributed by atoms with Crippen LogP contribution in [0.25, 0.3) is 10.9 Å². The van der Waals surface area contributed by atoms with E-state index in [1.807, 2.05) is 50.4 Å². The number of aromatic nitrogens is 1. The first kappa shape index (κ1) is 24.0. The van der Waals surface area contributed by atoms with Crippen LogP contribution in [0.5, 0.6) is 0 Å². The number of nitrogens with one attached hydrogen (secondary N) is 3. The molecule has 2 heterocycles. The van der Waals surface area contributed by atoms with Crippen LogP contribution in [0.2, 0.25) is 0 Å². The third kappa shape index (κ3) is 6.06. The molecule has 1 atom stereocenters. The number of rotatable bonds is 9. The Balaban J connectivity index is 1.46. The van der Waals surface area contributed by atoms with Crippen molar-refractivity contribution in [1.82, 2.24) is 20.5 Å². The minimum Gasteiger partial charge on any atom is -0.361 e. The number of amides is 2. The Morgan fingerprint density at radius 2 is 1.62 bits per heavy atom. The summed E-state index contributed by atoms with van der Waals surface area (Å²) in [6.07, 6.45) is 6.19. The predicted molar refractivity (Wildman–Crippen MR) is 136 cm³/mol. The molecule has 1 aliphatic heterocycles. The van der Waals surface area contributed by atoms with E-state index in [9.17, 15) is 9.59 Å². The van der Waals surface area contributed by atoms with Gasteiger partial charge in [-0.15, -0.1) is 0 Å². The fraction of sp³-hybridized carbons (Fsp3) is 0.429. The van der Waals surface area contributed by atoms with Gasteiger partial charge in [0.05, 0.1) is 0 Å². The molecule has 3 N–H and O–H groups in total. The molecule has 1 fully saturated rings. The van der Waals surface area contributed by atoms with Crippen molar-refractivity contribution in [3.63, 3.8) is 0 Å². The molecule has 1 aliphatic rings. The monoisotopic (exact) mass is 460 g/mol. The maximum absolute atomic E-state index is 13.3. The van der Waals surface area contributed by atoms with Crippen LogP contribution in [0, 0.1) is 5.92 Å². The molecule has 6 heteroatoms. The molecule has 4 rings (SSSR count). The molecular weight excluding hydrogens is 424 g/mol. The van der Waals surface area contributed by atoms with E-state index in [1.54, 1.807) is 0 Å². The number of benzene rings is 2. The molecule has 2 amide bonds. The number of piperidine rings is 1. The van der Waals surface area contributed by atoms with E-state index in [-0.39, 0.29) is 17.7 Å². The number of likely N-dealkylation sites (tertiary alicyclic amines) is 1. The summed E-state index contributed by atoms with van der Waals surface area (Å²) in [5.74, 6) is -0.471. The van der Waals surface area contributed by atoms with Crippen molar-refractivity contribution in [1.29, 1.82) is 0 Å². The van der Waals surface area contributed by atoms with Gasteiger partial charge in [-0.1, -0.05) is 62.7 Å². The summed E-state index contributed by atoms with van der Waals surface area (Å²) in [5.41, 5.74) is 4.43. The molecule has 0 saturated carbocycles. The third-order valence-corrected chi connectivity index (χ3v) is 6.67. The van der Waals surface area contributed by atoms with E-state index in [4.69, 9.17) is 0 Å². The largest absolute Gasteiger partial charge is 0.361 e. The van der Waals surface area contributed by atoms with Gasteiger partial charge in [0, 0.05) is 42.5 Å². The van der Waals surface area contributed by atoms with Crippen molar-refractivity contribution < 1.29 is 9.59 Å². The van der Waals surface area contributed by atoms with Gasteiger partial charge in [0.15, 0.2) is 0 Å². The minimum atomic E-state index is -0.636. The first-order valence-electron chi connectivity index (χ1n) is 12.4. The highest BCUT2D eigenvalue weighted by Gasteiger charge is 2.24. The van der Waals surface area contributed by atoms with Gasteiger partial charge in [-0.3, -0.25) is 14.5 Å². The second-order valence-electron chi connectivity index (χ2n) is 9.60. The van der Waals surface area contributed by atoms with Gasteiger partial charge in [-0.25, -0.2) is 0 Å². The first-order chi connectivity index (χ1) is 16.5. The average molecular weight is 461 g/mol. The standard InChI is InChI=1S/C28H36N4O2/c1-20(2)27(33)31-26(16-23-18-29-25-13-7-6-12-24(23)25)28(34)30-17-21-10-4-5-11-22(21)19-32-14-8-3-9-15-32/h4-7,10-13,18,20,26,29H,3,8-9,14-17,19H2,1-2H3,(H,30,34)(H,31,33). The van der Waals surface area contributed by atoms with Gasteiger partial charge < -0.3 is 15.6 Å². The quantitative estimate of drug-likeness (QED) is 0.449. The lowest BCUT2D eigenvalue weighted by molar-refractivity contribution is -0.130. The number of hydrogen-bond acceptors (Lipinski definition) is 3. The maximum Gasteiger partial charge on any atom is 0.243 e. The van der Waals surface area contributed by atoms with Crippen molar-refractivity contribution in [3.05, 3.63) is 71.4 Å². The lowest BCUT2D eigenvalue weighted by Gasteiger charge is -2.27. The number of H-pyrrole nitrogens is 1. The van der Waals surface area contributed by atoms with E-state index in [0.29, 0.717) is 13.0 Å². The molecule has 0 radical (unpaired) electrons. The second kappa shape index (κ2) is 11.3. The Kier molecular flexibility index (Phi) is 8.01. The van der Waals surface area contributed by atoms with Crippen molar-refractivity contribution in [2.24, 2.45) is 5.92 Å². The fourth-order valence-corrected chi connectivity index (χ4v) is 4.62. The average Bonchev–Trinajstić information content (AvgIpc) is 3.26. The summed E-state index contributed by atoms with van der Waals surface area (Å²) >= 11 is 0. The molecule has 2 aromatic carbocycles. The number of fused-ring (bicyclic) bond motifs is 1. The van der Waals surface area contributed by atoms with E-state index in [1.165, 1.54) is 24.8 Å². The number of hydrogen-bond donors (Lipinski definition) is 3. The first-order valence-corrected chi connectivity index (χ1v) is 12.4. The molecule has 6 nitrogen and oxygen atoms in total. The van der Waals surface area contributed by atoms with E-state index >= 15 is 0 Å². The minimum absolute atomic E-state index is 0.120. The van der Waals surface area contributed by atoms with Gasteiger partial charge in [-0.2, -0.15) is 0 Å². The molecule has 1 saturated heterocycles. The fourth-order valence-electron chi connectivity index (χ4n) is 4.62. The van der Waals surface area contributed by atoms with Crippen LogP contribution in [-0.4, -0.2) is 40.8 Å². The molecular formula is C28H36N4O2. The molecule has 0 spiro atoms. The number of para-hydroxylation sites is 1. The van der Waals surface area contributed by atoms with Crippen molar-refractivity contribution in [3.8, 4) is 0 Å². The normalized spacial score (nSPS) is 15.4. The van der Waals surface area contributed by atoms with Crippen LogP contribution in [0.4, 0.5) is 0 Å². The van der Waals surface area contributed by atoms with Crippen LogP contribution in [0.15, 0.2) is 54.7 Å². The highest BCUT2D eigenvalue weighted by atomic mass is 16.2. The Morgan fingerprint density at radius 1 is 0.912 bits per heavy atom. The molecule has 0 aliphatic carbocycles. The van der Waals surface area contributed by atoms with Gasteiger partial charge in [-0.05, 0) is 48.7 Å². The smallest absolute Gasteiger partial charge is 0.243 e. The number of carbonyl (C=O) groups is 2. The van der Waals surface area contributed by atoms with E-state index in [0.717, 1.165) is 41.7 Å². The third-order valence-electron chi connectivity index (χ3n) is 6.67. The topological polar surface area (TPSA) is 77.2 Å². The van der Waals surface area contributed by atoms with E-state index < -0.39 is 6.04 Å². The SMILES string of the molecule is CC(C)C(=O)NC(Cc1c[nH]c2ccccc12)C(=O)NCc1ccccc1CN1CCCCC1. The lowest BCUT2D eigenvalue weighted by Crippen LogP contribution is -2.49. The lowest BCUT2D eigenvalue weighted by atomic mass is 10.0. The van der Waals surface area contributed by atoms with Gasteiger partial charge in [0.1, 0.15) is 6.04 Å². The van der Waals surface area contributed by atoms with Crippen LogP contribution in [0.3, 0.4) is 0 Å². The predicted octanol–water partition coefficient (Wildman–Crippen LogP) is 4.15. The molecule has 1 unspecified atom stereocenters. The molecule has 34 heavy (non-hydrogen) atoms. The van der Waals surface area contributed by atoms with Crippen molar-refractivity contribution in [2.45, 2.75) is 58.7 Å². The Labute approximate surface area is 202 Å². The molecule has 0 bridgehead atoms. The zero-order chi connectivity index (χ0) is 23.9. The van der Waals surface area contributed by atoms with E-state index in [2.05, 4.69) is 38.7 Å². The Bertz CT molecular complexity index is 1110. The molecule has 3 aromatic rings. The van der Waals surface area contributed by atoms with Crippen molar-refractivity contribution in [2.75, 3.05) is 13.1 Å². The summed E-state index contributed by atoms with van der Waals surface area (Å²) in [7, 11) is 0. The molecule has 1 aromatic heterocycles. The van der Waals surface area contributed by atoms with Gasteiger partial charge >= 0.3 is 0 Å². The number of aromatic amines is 1. The number of carbonyl (C=O) groups excluding carboxylic acids is 2. The second-order valence-corrected chi connectivity index (χ2v) is 9.60. The van der Waals surface area contributed by atoms with Crippen LogP contribution < -0.4 is 10.6 Å². The van der Waals surface area contributed by atoms with Gasteiger partial charge in [0.25, 0.3) is 0 Å². The summed E-state index contributed by atoms with van der Waals surface area (Å²) in [4.78, 5) is 31.5. The van der Waals surface area contributed by atoms with Crippen LogP contribution >= 0.6 is 0 Å². The van der Waals surface area contributed by atoms with Gasteiger partial charge in [0.2, 0.25) is 11.8 Å². The zero-order valence-corrected chi connectivity index (χ0v) is 20.3. The van der Waals surface area contributed by atoms with Crippen LogP contribution in [-0.2, 0) is 29.1 Å². The summed E-state index contributed by atoms with van der Waals surface area (Å²) in [6.45, 7) is 7.31. The summed E-state index contributed by atoms with van der Waals surface area (Å²) in [5, 5.41) is 7.14. The highest BCUT2D eigenvalue weighted by Crippen LogP contribution is 2.20. The highest BCUT2D eigenvalue weighted by molar-refractivity contribution is 5.90. The number of nitrogens with zero attached hydrogens (tertiary/aromatic N) is 1. The maximum atomic E-state index is 13.3. The zero-order valence-electron chi connectivity index (χ0n) is 20.3. The summed E-state index contributed by atoms with van der Waals surface area (Å²) in [6, 6.07) is 15.7. The summed E-state index contributed by atoms with van der Waals surface area (Å²) < 4.78 is 0. The van der Waals surface area contributed by atoms with Crippen molar-refractivity contribution >= 4 is 22.7 Å². The Morgan fingerprint density at radius 3 is 2.38 bits per heavy atom. The molecule has 180 valence electrons. The van der Waals surface area contributed by atoms with Crippen LogP contribution in [0.1, 0.15) is 49.8 Å².